The van der Waals surface area contributed by atoms with E-state index >= 15 is 0 Å². The number of hydrogen-bond acceptors (Lipinski definition) is 4. The molecule has 1 aliphatic carbocycles. The zero-order valence-electron chi connectivity index (χ0n) is 12.5. The lowest BCUT2D eigenvalue weighted by Gasteiger charge is -2.34. The fraction of sp³-hybridized carbons (Fsp3) is 0.933. The minimum Gasteiger partial charge on any atom is -0.305 e. The Bertz CT molecular complexity index is 321. The van der Waals surface area contributed by atoms with E-state index in [0.717, 1.165) is 39.1 Å². The Kier molecular flexibility index (Phi) is 5.20. The van der Waals surface area contributed by atoms with Crippen LogP contribution < -0.4 is 5.32 Å². The molecule has 1 aliphatic heterocycles. The summed E-state index contributed by atoms with van der Waals surface area (Å²) in [5, 5.41) is 13.3. The fourth-order valence-electron chi connectivity index (χ4n) is 3.03. The molecule has 2 rings (SSSR count). The summed E-state index contributed by atoms with van der Waals surface area (Å²) in [4.78, 5) is 4.89. The predicted octanol–water partition coefficient (Wildman–Crippen LogP) is 1.30. The van der Waals surface area contributed by atoms with Crippen LogP contribution in [0.5, 0.6) is 0 Å². The van der Waals surface area contributed by atoms with E-state index in [0.29, 0.717) is 5.92 Å². The van der Waals surface area contributed by atoms with Crippen LogP contribution in [0.1, 0.15) is 32.6 Å². The normalized spacial score (nSPS) is 25.5. The molecule has 108 valence electrons. The van der Waals surface area contributed by atoms with E-state index < -0.39 is 0 Å². The number of rotatable bonds is 6. The van der Waals surface area contributed by atoms with E-state index in [1.54, 1.807) is 0 Å². The molecule has 0 aromatic rings. The minimum absolute atomic E-state index is 0.293. The highest BCUT2D eigenvalue weighted by Crippen LogP contribution is 2.40. The Balaban J connectivity index is 1.96. The standard InChI is InChI=1S/C15H28N4/c1-3-7-17-15(12-16,14-5-6-14)13-19-9-4-8-18(2)10-11-19/h14,17H,3-11,13H2,1-2H3. The van der Waals surface area contributed by atoms with Gasteiger partial charge in [-0.2, -0.15) is 5.26 Å². The summed E-state index contributed by atoms with van der Waals surface area (Å²) >= 11 is 0. The molecule has 4 nitrogen and oxygen atoms in total. The van der Waals surface area contributed by atoms with Crippen LogP contribution in [0.2, 0.25) is 0 Å². The van der Waals surface area contributed by atoms with E-state index in [4.69, 9.17) is 0 Å². The van der Waals surface area contributed by atoms with Gasteiger partial charge in [0.2, 0.25) is 0 Å². The summed E-state index contributed by atoms with van der Waals surface area (Å²) in [6.45, 7) is 8.57. The SMILES string of the molecule is CCCNC(C#N)(CN1CCCN(C)CC1)C1CC1. The van der Waals surface area contributed by atoms with Gasteiger partial charge in [-0.3, -0.25) is 10.2 Å². The van der Waals surface area contributed by atoms with E-state index in [1.165, 1.54) is 25.8 Å². The van der Waals surface area contributed by atoms with Crippen LogP contribution >= 0.6 is 0 Å². The van der Waals surface area contributed by atoms with Crippen LogP contribution in [0.15, 0.2) is 0 Å². The maximum absolute atomic E-state index is 9.72. The van der Waals surface area contributed by atoms with E-state index in [1.807, 2.05) is 0 Å². The van der Waals surface area contributed by atoms with Crippen LogP contribution in [0.25, 0.3) is 0 Å². The van der Waals surface area contributed by atoms with E-state index in [-0.39, 0.29) is 5.54 Å². The number of nitrogens with one attached hydrogen (secondary N) is 1. The van der Waals surface area contributed by atoms with Gasteiger partial charge in [0, 0.05) is 19.6 Å². The van der Waals surface area contributed by atoms with Crippen molar-refractivity contribution < 1.29 is 0 Å². The monoisotopic (exact) mass is 264 g/mol. The molecule has 1 unspecified atom stereocenters. The molecule has 2 aliphatic rings. The van der Waals surface area contributed by atoms with Gasteiger partial charge in [-0.25, -0.2) is 0 Å². The first-order chi connectivity index (χ1) is 9.20. The van der Waals surface area contributed by atoms with Gasteiger partial charge in [0.15, 0.2) is 0 Å². The van der Waals surface area contributed by atoms with E-state index in [2.05, 4.69) is 35.2 Å². The summed E-state index contributed by atoms with van der Waals surface area (Å²) in [5.74, 6) is 0.574. The van der Waals surface area contributed by atoms with Gasteiger partial charge in [-0.15, -0.1) is 0 Å². The first kappa shape index (κ1) is 14.8. The third kappa shape index (κ3) is 3.92. The molecule has 0 aromatic heterocycles. The highest BCUT2D eigenvalue weighted by Gasteiger charge is 2.46. The number of nitriles is 1. The average Bonchev–Trinajstić information content (AvgIpc) is 3.24. The molecule has 0 aromatic carbocycles. The molecule has 0 spiro atoms. The molecule has 2 fully saturated rings. The number of nitrogens with zero attached hydrogens (tertiary/aromatic N) is 3. The number of hydrogen-bond donors (Lipinski definition) is 1. The summed E-state index contributed by atoms with van der Waals surface area (Å²) in [7, 11) is 2.19. The topological polar surface area (TPSA) is 42.3 Å². The third-order valence-corrected chi connectivity index (χ3v) is 4.45. The second-order valence-corrected chi connectivity index (χ2v) is 6.22. The quantitative estimate of drug-likeness (QED) is 0.785. The van der Waals surface area contributed by atoms with Crippen molar-refractivity contribution in [2.45, 2.75) is 38.1 Å². The molecule has 1 saturated heterocycles. The van der Waals surface area contributed by atoms with E-state index in [9.17, 15) is 5.26 Å². The predicted molar refractivity (Wildman–Crippen MR) is 77.9 cm³/mol. The molecule has 0 bridgehead atoms. The first-order valence-corrected chi connectivity index (χ1v) is 7.77. The lowest BCUT2D eigenvalue weighted by Crippen LogP contribution is -2.55. The second kappa shape index (κ2) is 6.69. The Morgan fingerprint density at radius 1 is 1.26 bits per heavy atom. The maximum atomic E-state index is 9.72. The highest BCUT2D eigenvalue weighted by atomic mass is 15.2. The van der Waals surface area contributed by atoms with Gasteiger partial charge in [0.05, 0.1) is 6.07 Å². The smallest absolute Gasteiger partial charge is 0.122 e. The molecule has 0 amide bonds. The molecule has 4 heteroatoms. The van der Waals surface area contributed by atoms with Gasteiger partial charge in [0.1, 0.15) is 5.54 Å². The van der Waals surface area contributed by atoms with Crippen LogP contribution in [0.4, 0.5) is 0 Å². The third-order valence-electron chi connectivity index (χ3n) is 4.45. The summed E-state index contributed by atoms with van der Waals surface area (Å²) in [6.07, 6.45) is 4.76. The maximum Gasteiger partial charge on any atom is 0.122 e. The molecule has 1 atom stereocenters. The van der Waals surface area contributed by atoms with Crippen molar-refractivity contribution in [1.82, 2.24) is 15.1 Å². The summed E-state index contributed by atoms with van der Waals surface area (Å²) in [6, 6.07) is 2.62. The Morgan fingerprint density at radius 2 is 2.05 bits per heavy atom. The van der Waals surface area contributed by atoms with Crippen molar-refractivity contribution in [3.8, 4) is 6.07 Å². The highest BCUT2D eigenvalue weighted by molar-refractivity contribution is 5.16. The minimum atomic E-state index is -0.293. The van der Waals surface area contributed by atoms with Crippen molar-refractivity contribution in [2.24, 2.45) is 5.92 Å². The van der Waals surface area contributed by atoms with Crippen molar-refractivity contribution >= 4 is 0 Å². The van der Waals surface area contributed by atoms with Crippen molar-refractivity contribution in [2.75, 3.05) is 46.3 Å². The van der Waals surface area contributed by atoms with Gasteiger partial charge >= 0.3 is 0 Å². The van der Waals surface area contributed by atoms with Crippen LogP contribution in [0, 0.1) is 17.2 Å². The van der Waals surface area contributed by atoms with Gasteiger partial charge in [0.25, 0.3) is 0 Å². The Hall–Kier alpha value is -0.630. The Morgan fingerprint density at radius 3 is 2.68 bits per heavy atom. The second-order valence-electron chi connectivity index (χ2n) is 6.22. The zero-order valence-corrected chi connectivity index (χ0v) is 12.5. The lowest BCUT2D eigenvalue weighted by molar-refractivity contribution is 0.200. The first-order valence-electron chi connectivity index (χ1n) is 7.77. The average molecular weight is 264 g/mol. The van der Waals surface area contributed by atoms with Crippen molar-refractivity contribution in [3.63, 3.8) is 0 Å². The van der Waals surface area contributed by atoms with Crippen molar-refractivity contribution in [1.29, 1.82) is 5.26 Å². The largest absolute Gasteiger partial charge is 0.305 e. The van der Waals surface area contributed by atoms with Gasteiger partial charge in [-0.05, 0) is 58.3 Å². The zero-order chi connectivity index (χ0) is 13.7. The Labute approximate surface area is 117 Å². The fourth-order valence-corrected chi connectivity index (χ4v) is 3.03. The molecule has 19 heavy (non-hydrogen) atoms. The molecular formula is C15H28N4. The van der Waals surface area contributed by atoms with Crippen LogP contribution in [-0.4, -0.2) is 61.7 Å². The van der Waals surface area contributed by atoms with Gasteiger partial charge in [-0.1, -0.05) is 6.92 Å². The van der Waals surface area contributed by atoms with Crippen LogP contribution in [-0.2, 0) is 0 Å². The molecule has 1 N–H and O–H groups in total. The lowest BCUT2D eigenvalue weighted by atomic mass is 9.93. The summed E-state index contributed by atoms with van der Waals surface area (Å²) in [5.41, 5.74) is -0.293. The number of likely N-dealkylation sites (N-methyl/N-ethyl adjacent to an activating group) is 1. The summed E-state index contributed by atoms with van der Waals surface area (Å²) < 4.78 is 0. The molecule has 1 saturated carbocycles. The molecular weight excluding hydrogens is 236 g/mol. The molecule has 0 radical (unpaired) electrons. The van der Waals surface area contributed by atoms with Crippen molar-refractivity contribution in [3.05, 3.63) is 0 Å². The van der Waals surface area contributed by atoms with Gasteiger partial charge < -0.3 is 4.90 Å². The van der Waals surface area contributed by atoms with Crippen LogP contribution in [0.3, 0.4) is 0 Å². The molecule has 1 heterocycles.